The fourth-order valence-corrected chi connectivity index (χ4v) is 5.26. The van der Waals surface area contributed by atoms with E-state index in [2.05, 4.69) is 5.32 Å². The van der Waals surface area contributed by atoms with Crippen LogP contribution >= 0.6 is 11.8 Å². The monoisotopic (exact) mass is 579 g/mol. The Kier molecular flexibility index (Phi) is 10.5. The topological polar surface area (TPSA) is 131 Å². The minimum Gasteiger partial charge on any atom is -0.478 e. The Hall–Kier alpha value is -3.70. The molecule has 9 nitrogen and oxygen atoms in total. The lowest BCUT2D eigenvalue weighted by atomic mass is 10.0. The molecule has 0 bridgehead atoms. The van der Waals surface area contributed by atoms with Gasteiger partial charge in [-0.15, -0.1) is 11.8 Å². The Morgan fingerprint density at radius 2 is 1.59 bits per heavy atom. The Morgan fingerprint density at radius 3 is 2.20 bits per heavy atom. The second-order valence-electron chi connectivity index (χ2n) is 9.70. The van der Waals surface area contributed by atoms with Gasteiger partial charge in [0.25, 0.3) is 5.91 Å². The number of rotatable bonds is 11. The Morgan fingerprint density at radius 1 is 0.951 bits per heavy atom. The highest BCUT2D eigenvalue weighted by Gasteiger charge is 2.32. The van der Waals surface area contributed by atoms with Crippen molar-refractivity contribution in [1.82, 2.24) is 5.32 Å². The van der Waals surface area contributed by atoms with Crippen LogP contribution in [0.3, 0.4) is 0 Å². The summed E-state index contributed by atoms with van der Waals surface area (Å²) in [7, 11) is 0. The second kappa shape index (κ2) is 14.3. The third-order valence-electron chi connectivity index (χ3n) is 6.58. The van der Waals surface area contributed by atoms with Gasteiger partial charge in [-0.1, -0.05) is 48.5 Å². The summed E-state index contributed by atoms with van der Waals surface area (Å²) in [6.07, 6.45) is -1.26. The molecule has 0 aromatic heterocycles. The molecule has 216 valence electrons. The van der Waals surface area contributed by atoms with Crippen molar-refractivity contribution in [3.8, 4) is 0 Å². The van der Waals surface area contributed by atoms with E-state index in [-0.39, 0.29) is 36.8 Å². The number of amides is 1. The van der Waals surface area contributed by atoms with Crippen LogP contribution < -0.4 is 5.32 Å². The average Bonchev–Trinajstić information content (AvgIpc) is 2.98. The first kappa shape index (κ1) is 30.3. The summed E-state index contributed by atoms with van der Waals surface area (Å²) < 4.78 is 17.7. The van der Waals surface area contributed by atoms with Crippen LogP contribution in [0.1, 0.15) is 65.3 Å². The van der Waals surface area contributed by atoms with Crippen molar-refractivity contribution in [2.45, 2.75) is 62.9 Å². The molecule has 3 aromatic rings. The summed E-state index contributed by atoms with van der Waals surface area (Å²) in [6.45, 7) is 3.02. The zero-order valence-electron chi connectivity index (χ0n) is 22.8. The fourth-order valence-electron chi connectivity index (χ4n) is 4.33. The van der Waals surface area contributed by atoms with Gasteiger partial charge in [-0.25, -0.2) is 4.79 Å². The Bertz CT molecular complexity index is 1330. The van der Waals surface area contributed by atoms with Crippen LogP contribution in [0, 0.1) is 0 Å². The number of thioether (sulfide) groups is 1. The lowest BCUT2D eigenvalue weighted by Crippen LogP contribution is -2.35. The summed E-state index contributed by atoms with van der Waals surface area (Å²) in [6, 6.07) is 22.0. The number of aliphatic hydroxyl groups is 1. The molecule has 0 saturated carbocycles. The van der Waals surface area contributed by atoms with Gasteiger partial charge in [0.2, 0.25) is 0 Å². The van der Waals surface area contributed by atoms with Gasteiger partial charge in [0, 0.05) is 36.1 Å². The maximum absolute atomic E-state index is 12.2. The van der Waals surface area contributed by atoms with Gasteiger partial charge in [-0.2, -0.15) is 0 Å². The minimum absolute atomic E-state index is 0.0348. The first-order valence-electron chi connectivity index (χ1n) is 13.2. The number of hydrogen-bond acceptors (Lipinski definition) is 8. The SMILES string of the molecule is CC(=O)O[C@@H](C)C(=O)NCc1ccc([C@@H]2O[C@H](CSc3ccc(C(=O)O)cc3)C[C@H](c3ccc(CO)cc3)O2)cc1. The van der Waals surface area contributed by atoms with Crippen LogP contribution in [0.5, 0.6) is 0 Å². The first-order chi connectivity index (χ1) is 19.7. The second-order valence-corrected chi connectivity index (χ2v) is 10.8. The van der Waals surface area contributed by atoms with Crippen molar-refractivity contribution >= 4 is 29.6 Å². The third-order valence-corrected chi connectivity index (χ3v) is 7.73. The molecule has 0 radical (unpaired) electrons. The van der Waals surface area contributed by atoms with E-state index in [1.165, 1.54) is 13.8 Å². The number of carbonyl (C=O) groups excluding carboxylic acids is 2. The van der Waals surface area contributed by atoms with E-state index in [9.17, 15) is 19.5 Å². The maximum Gasteiger partial charge on any atom is 0.335 e. The smallest absolute Gasteiger partial charge is 0.335 e. The number of aromatic carboxylic acids is 1. The van der Waals surface area contributed by atoms with Gasteiger partial charge in [-0.05, 0) is 47.9 Å². The highest BCUT2D eigenvalue weighted by molar-refractivity contribution is 7.99. The number of hydrogen-bond donors (Lipinski definition) is 3. The van der Waals surface area contributed by atoms with Crippen LogP contribution in [0.25, 0.3) is 0 Å². The molecule has 41 heavy (non-hydrogen) atoms. The van der Waals surface area contributed by atoms with Gasteiger partial charge < -0.3 is 29.7 Å². The number of esters is 1. The van der Waals surface area contributed by atoms with E-state index >= 15 is 0 Å². The normalized spacial score (nSPS) is 19.2. The molecule has 10 heteroatoms. The summed E-state index contributed by atoms with van der Waals surface area (Å²) in [5.41, 5.74) is 3.73. The predicted octanol–water partition coefficient (Wildman–Crippen LogP) is 4.78. The van der Waals surface area contributed by atoms with Crippen molar-refractivity contribution in [2.24, 2.45) is 0 Å². The molecule has 1 aliphatic rings. The van der Waals surface area contributed by atoms with E-state index < -0.39 is 24.3 Å². The van der Waals surface area contributed by atoms with Gasteiger partial charge in [0.05, 0.1) is 24.4 Å². The standard InChI is InChI=1S/C31H33NO8S/c1-19(38-20(2)34)29(35)32-16-21-3-9-25(10-4-21)31-39-26(18-41-27-13-11-24(12-14-27)30(36)37)15-28(40-31)23-7-5-22(17-33)6-8-23/h3-14,19,26,28,31,33H,15-18H2,1-2H3,(H,32,35)(H,36,37)/t19-,26-,28+,31+/m0/s1. The highest BCUT2D eigenvalue weighted by atomic mass is 32.2. The number of aliphatic hydroxyl groups excluding tert-OH is 1. The molecule has 1 aliphatic heterocycles. The molecule has 1 fully saturated rings. The molecule has 1 heterocycles. The van der Waals surface area contributed by atoms with E-state index in [4.69, 9.17) is 19.3 Å². The third kappa shape index (κ3) is 8.64. The number of ether oxygens (including phenoxy) is 3. The zero-order chi connectivity index (χ0) is 29.4. The van der Waals surface area contributed by atoms with E-state index in [1.54, 1.807) is 36.0 Å². The lowest BCUT2D eigenvalue weighted by Gasteiger charge is -2.36. The van der Waals surface area contributed by atoms with Crippen molar-refractivity contribution in [1.29, 1.82) is 0 Å². The summed E-state index contributed by atoms with van der Waals surface area (Å²) in [4.78, 5) is 35.3. The summed E-state index contributed by atoms with van der Waals surface area (Å²) >= 11 is 1.59. The number of carboxylic acids is 1. The summed E-state index contributed by atoms with van der Waals surface area (Å²) in [5.74, 6) is -1.21. The largest absolute Gasteiger partial charge is 0.478 e. The van der Waals surface area contributed by atoms with Crippen LogP contribution in [-0.4, -0.2) is 46.0 Å². The number of carboxylic acid groups (broad SMARTS) is 1. The van der Waals surface area contributed by atoms with Crippen LogP contribution in [0.15, 0.2) is 77.7 Å². The molecule has 3 N–H and O–H groups in total. The lowest BCUT2D eigenvalue weighted by molar-refractivity contribution is -0.245. The van der Waals surface area contributed by atoms with Gasteiger partial charge >= 0.3 is 11.9 Å². The minimum atomic E-state index is -0.961. The van der Waals surface area contributed by atoms with Crippen molar-refractivity contribution < 1.29 is 38.8 Å². The quantitative estimate of drug-likeness (QED) is 0.217. The molecule has 4 rings (SSSR count). The molecule has 0 unspecified atom stereocenters. The number of carbonyl (C=O) groups is 3. The molecule has 0 aliphatic carbocycles. The molecular weight excluding hydrogens is 546 g/mol. The Labute approximate surface area is 242 Å². The predicted molar refractivity (Wildman–Crippen MR) is 152 cm³/mol. The van der Waals surface area contributed by atoms with Crippen LogP contribution in [0.2, 0.25) is 0 Å². The van der Waals surface area contributed by atoms with Crippen molar-refractivity contribution in [2.75, 3.05) is 5.75 Å². The Balaban J connectivity index is 1.44. The molecule has 3 aromatic carbocycles. The molecule has 1 saturated heterocycles. The van der Waals surface area contributed by atoms with Gasteiger partial charge in [-0.3, -0.25) is 9.59 Å². The average molecular weight is 580 g/mol. The molecule has 1 amide bonds. The van der Waals surface area contributed by atoms with E-state index in [1.807, 2.05) is 48.5 Å². The molecular formula is C31H33NO8S. The molecule has 0 spiro atoms. The van der Waals surface area contributed by atoms with Crippen LogP contribution in [0.4, 0.5) is 0 Å². The summed E-state index contributed by atoms with van der Waals surface area (Å²) in [5, 5.41) is 21.3. The maximum atomic E-state index is 12.2. The van der Waals surface area contributed by atoms with E-state index in [0.29, 0.717) is 12.2 Å². The van der Waals surface area contributed by atoms with Crippen LogP contribution in [-0.2, 0) is 37.0 Å². The van der Waals surface area contributed by atoms with Gasteiger partial charge in [0.15, 0.2) is 12.4 Å². The number of nitrogens with one attached hydrogen (secondary N) is 1. The van der Waals surface area contributed by atoms with Crippen molar-refractivity contribution in [3.63, 3.8) is 0 Å². The van der Waals surface area contributed by atoms with Crippen molar-refractivity contribution in [3.05, 3.63) is 101 Å². The first-order valence-corrected chi connectivity index (χ1v) is 14.2. The highest BCUT2D eigenvalue weighted by Crippen LogP contribution is 2.39. The zero-order valence-corrected chi connectivity index (χ0v) is 23.6. The molecule has 4 atom stereocenters. The van der Waals surface area contributed by atoms with E-state index in [0.717, 1.165) is 27.1 Å². The number of benzene rings is 3. The fraction of sp³-hybridized carbons (Fsp3) is 0.323. The van der Waals surface area contributed by atoms with Gasteiger partial charge in [0.1, 0.15) is 0 Å².